The van der Waals surface area contributed by atoms with Crippen LogP contribution in [0.1, 0.15) is 25.8 Å². The third kappa shape index (κ3) is 4.45. The lowest BCUT2D eigenvalue weighted by atomic mass is 9.91. The number of ether oxygens (including phenoxy) is 1. The maximum absolute atomic E-state index is 11.5. The van der Waals surface area contributed by atoms with Crippen molar-refractivity contribution in [3.8, 4) is 0 Å². The Balaban J connectivity index is 2.36. The van der Waals surface area contributed by atoms with Crippen LogP contribution in [0, 0.1) is 5.41 Å². The monoisotopic (exact) mass is 222 g/mol. The maximum atomic E-state index is 11.5. The van der Waals surface area contributed by atoms with E-state index in [-0.39, 0.29) is 19.0 Å². The van der Waals surface area contributed by atoms with Crippen molar-refractivity contribution in [2.24, 2.45) is 5.41 Å². The van der Waals surface area contributed by atoms with Gasteiger partial charge < -0.3 is 9.84 Å². The van der Waals surface area contributed by atoms with Crippen LogP contribution in [0.25, 0.3) is 0 Å². The first-order valence-corrected chi connectivity index (χ1v) is 5.34. The minimum Gasteiger partial charge on any atom is -0.461 e. The van der Waals surface area contributed by atoms with Gasteiger partial charge in [0.2, 0.25) is 0 Å². The minimum atomic E-state index is -0.409. The molecule has 0 fully saturated rings. The zero-order chi connectivity index (χ0) is 12.0. The third-order valence-corrected chi connectivity index (χ3v) is 2.29. The fourth-order valence-electron chi connectivity index (χ4n) is 1.24. The number of hydrogen-bond donors (Lipinski definition) is 1. The molecule has 0 aliphatic rings. The summed E-state index contributed by atoms with van der Waals surface area (Å²) in [7, 11) is 0. The third-order valence-electron chi connectivity index (χ3n) is 2.29. The molecule has 16 heavy (non-hydrogen) atoms. The molecule has 0 aliphatic heterocycles. The molecule has 0 aliphatic carbocycles. The van der Waals surface area contributed by atoms with Gasteiger partial charge in [-0.2, -0.15) is 0 Å². The molecule has 3 nitrogen and oxygen atoms in total. The predicted molar refractivity (Wildman–Crippen MR) is 61.7 cm³/mol. The first-order chi connectivity index (χ1) is 7.53. The maximum Gasteiger partial charge on any atom is 0.306 e. The van der Waals surface area contributed by atoms with Crippen molar-refractivity contribution < 1.29 is 14.6 Å². The molecule has 0 spiro atoms. The van der Waals surface area contributed by atoms with E-state index in [1.165, 1.54) is 0 Å². The lowest BCUT2D eigenvalue weighted by Gasteiger charge is -2.19. The average Bonchev–Trinajstić information content (AvgIpc) is 2.27. The molecule has 0 saturated heterocycles. The van der Waals surface area contributed by atoms with E-state index < -0.39 is 5.41 Å². The van der Waals surface area contributed by atoms with Gasteiger partial charge in [0.05, 0.1) is 6.42 Å². The second-order valence-corrected chi connectivity index (χ2v) is 4.65. The van der Waals surface area contributed by atoms with Crippen molar-refractivity contribution in [2.75, 3.05) is 6.61 Å². The van der Waals surface area contributed by atoms with Crippen molar-refractivity contribution in [1.82, 2.24) is 0 Å². The lowest BCUT2D eigenvalue weighted by molar-refractivity contribution is -0.147. The second kappa shape index (κ2) is 5.66. The predicted octanol–water partition coefficient (Wildman–Crippen LogP) is 2.14. The van der Waals surface area contributed by atoms with Gasteiger partial charge in [-0.3, -0.25) is 4.79 Å². The molecular weight excluding hydrogens is 204 g/mol. The molecule has 0 aromatic heterocycles. The lowest BCUT2D eigenvalue weighted by Crippen LogP contribution is -2.22. The van der Waals surface area contributed by atoms with Gasteiger partial charge in [0.1, 0.15) is 6.61 Å². The topological polar surface area (TPSA) is 46.5 Å². The molecule has 0 saturated carbocycles. The van der Waals surface area contributed by atoms with Crippen molar-refractivity contribution >= 4 is 5.97 Å². The van der Waals surface area contributed by atoms with E-state index >= 15 is 0 Å². The normalized spacial score (nSPS) is 11.2. The first kappa shape index (κ1) is 12.7. The number of carbonyl (C=O) groups is 1. The van der Waals surface area contributed by atoms with Gasteiger partial charge in [-0.25, -0.2) is 0 Å². The van der Waals surface area contributed by atoms with E-state index in [0.29, 0.717) is 6.61 Å². The summed E-state index contributed by atoms with van der Waals surface area (Å²) in [5.41, 5.74) is 0.561. The zero-order valence-corrected chi connectivity index (χ0v) is 9.77. The van der Waals surface area contributed by atoms with Crippen LogP contribution in [0.5, 0.6) is 0 Å². The molecule has 1 aromatic carbocycles. The number of carbonyl (C=O) groups excluding carboxylic acids is 1. The van der Waals surface area contributed by atoms with Crippen LogP contribution in [0.2, 0.25) is 0 Å². The van der Waals surface area contributed by atoms with Crippen LogP contribution in [0.15, 0.2) is 30.3 Å². The van der Waals surface area contributed by atoms with Crippen LogP contribution >= 0.6 is 0 Å². The SMILES string of the molecule is CC(C)(CO)CC(=O)OCc1ccccc1. The number of esters is 1. The number of hydrogen-bond acceptors (Lipinski definition) is 3. The quantitative estimate of drug-likeness (QED) is 0.776. The molecule has 0 amide bonds. The Morgan fingerprint density at radius 1 is 1.31 bits per heavy atom. The number of benzene rings is 1. The van der Waals surface area contributed by atoms with Crippen LogP contribution in [0.3, 0.4) is 0 Å². The van der Waals surface area contributed by atoms with Crippen LogP contribution in [-0.2, 0) is 16.1 Å². The van der Waals surface area contributed by atoms with E-state index in [1.54, 1.807) is 0 Å². The number of rotatable bonds is 5. The van der Waals surface area contributed by atoms with E-state index in [0.717, 1.165) is 5.56 Å². The fraction of sp³-hybridized carbons (Fsp3) is 0.462. The molecule has 88 valence electrons. The van der Waals surface area contributed by atoms with E-state index in [1.807, 2.05) is 44.2 Å². The van der Waals surface area contributed by atoms with Gasteiger partial charge in [-0.05, 0) is 11.0 Å². The van der Waals surface area contributed by atoms with Gasteiger partial charge in [-0.1, -0.05) is 44.2 Å². The van der Waals surface area contributed by atoms with E-state index in [9.17, 15) is 4.79 Å². The summed E-state index contributed by atoms with van der Waals surface area (Å²) in [6.45, 7) is 3.93. The summed E-state index contributed by atoms with van der Waals surface area (Å²) >= 11 is 0. The Morgan fingerprint density at radius 3 is 2.50 bits per heavy atom. The Hall–Kier alpha value is -1.35. The molecular formula is C13H18O3. The Bertz CT molecular complexity index is 330. The molecule has 1 rings (SSSR count). The Morgan fingerprint density at radius 2 is 1.94 bits per heavy atom. The summed E-state index contributed by atoms with van der Waals surface area (Å²) < 4.78 is 5.12. The molecule has 0 bridgehead atoms. The highest BCUT2D eigenvalue weighted by atomic mass is 16.5. The van der Waals surface area contributed by atoms with Crippen LogP contribution in [0.4, 0.5) is 0 Å². The molecule has 1 N–H and O–H groups in total. The van der Waals surface area contributed by atoms with Gasteiger partial charge in [-0.15, -0.1) is 0 Å². The van der Waals surface area contributed by atoms with E-state index in [2.05, 4.69) is 0 Å². The van der Waals surface area contributed by atoms with Crippen molar-refractivity contribution in [3.63, 3.8) is 0 Å². The van der Waals surface area contributed by atoms with Crippen LogP contribution in [-0.4, -0.2) is 17.7 Å². The smallest absolute Gasteiger partial charge is 0.306 e. The van der Waals surface area contributed by atoms with Gasteiger partial charge in [0.15, 0.2) is 0 Å². The second-order valence-electron chi connectivity index (χ2n) is 4.65. The highest BCUT2D eigenvalue weighted by Gasteiger charge is 2.21. The highest BCUT2D eigenvalue weighted by Crippen LogP contribution is 2.19. The highest BCUT2D eigenvalue weighted by molar-refractivity contribution is 5.70. The first-order valence-electron chi connectivity index (χ1n) is 5.34. The van der Waals surface area contributed by atoms with Crippen LogP contribution < -0.4 is 0 Å². The average molecular weight is 222 g/mol. The Kier molecular flexibility index (Phi) is 4.50. The molecule has 1 aromatic rings. The standard InChI is InChI=1S/C13H18O3/c1-13(2,10-14)8-12(15)16-9-11-6-4-3-5-7-11/h3-7,14H,8-10H2,1-2H3. The number of aliphatic hydroxyl groups is 1. The van der Waals surface area contributed by atoms with E-state index in [4.69, 9.17) is 9.84 Å². The molecule has 3 heteroatoms. The summed E-state index contributed by atoms with van der Waals surface area (Å²) in [6.07, 6.45) is 0.232. The summed E-state index contributed by atoms with van der Waals surface area (Å²) in [6, 6.07) is 9.54. The fourth-order valence-corrected chi connectivity index (χ4v) is 1.24. The van der Waals surface area contributed by atoms with Gasteiger partial charge in [0, 0.05) is 6.61 Å². The van der Waals surface area contributed by atoms with Crippen molar-refractivity contribution in [3.05, 3.63) is 35.9 Å². The van der Waals surface area contributed by atoms with Gasteiger partial charge in [0.25, 0.3) is 0 Å². The number of aliphatic hydroxyl groups excluding tert-OH is 1. The van der Waals surface area contributed by atoms with Crippen molar-refractivity contribution in [2.45, 2.75) is 26.9 Å². The summed E-state index contributed by atoms with van der Waals surface area (Å²) in [4.78, 5) is 11.5. The zero-order valence-electron chi connectivity index (χ0n) is 9.77. The van der Waals surface area contributed by atoms with Crippen molar-refractivity contribution in [1.29, 1.82) is 0 Å². The van der Waals surface area contributed by atoms with Gasteiger partial charge >= 0.3 is 5.97 Å². The molecule has 0 atom stereocenters. The molecule has 0 heterocycles. The minimum absolute atomic E-state index is 0.0204. The largest absolute Gasteiger partial charge is 0.461 e. The summed E-state index contributed by atoms with van der Waals surface area (Å²) in [5, 5.41) is 9.02. The molecule has 0 radical (unpaired) electrons. The Labute approximate surface area is 96.1 Å². The summed E-state index contributed by atoms with van der Waals surface area (Å²) in [5.74, 6) is -0.275. The molecule has 0 unspecified atom stereocenters.